The van der Waals surface area contributed by atoms with Crippen molar-refractivity contribution in [3.63, 3.8) is 0 Å². The summed E-state index contributed by atoms with van der Waals surface area (Å²) in [6.45, 7) is 1.62. The van der Waals surface area contributed by atoms with E-state index in [-0.39, 0.29) is 19.0 Å². The summed E-state index contributed by atoms with van der Waals surface area (Å²) >= 11 is 0. The van der Waals surface area contributed by atoms with E-state index in [0.29, 0.717) is 32.0 Å². The van der Waals surface area contributed by atoms with Crippen LogP contribution in [0, 0.1) is 0 Å². The smallest absolute Gasteiger partial charge is 0.240 e. The first-order chi connectivity index (χ1) is 11.6. The molecule has 1 saturated heterocycles. The molecule has 2 aliphatic rings. The lowest BCUT2D eigenvalue weighted by Crippen LogP contribution is -2.47. The second-order valence-corrected chi connectivity index (χ2v) is 6.93. The standard InChI is InChI=1S/C18H23N3O3/c22-16(19-12-18(23)7-9-24-10-8-18)11-21-15-4-2-1-3-14(15)20-17(21)13-5-6-13/h1-4,13,23H,5-12H2,(H,19,22). The molecule has 0 atom stereocenters. The number of carbonyl (C=O) groups excluding carboxylic acids is 1. The molecule has 2 heterocycles. The highest BCUT2D eigenvalue weighted by Crippen LogP contribution is 2.40. The maximum atomic E-state index is 12.4. The van der Waals surface area contributed by atoms with Crippen molar-refractivity contribution < 1.29 is 14.6 Å². The summed E-state index contributed by atoms with van der Waals surface area (Å²) in [4.78, 5) is 17.1. The minimum atomic E-state index is -0.843. The topological polar surface area (TPSA) is 76.4 Å². The van der Waals surface area contributed by atoms with E-state index in [4.69, 9.17) is 9.72 Å². The maximum absolute atomic E-state index is 12.4. The van der Waals surface area contributed by atoms with Gasteiger partial charge < -0.3 is 19.7 Å². The normalized spacial score (nSPS) is 20.2. The number of nitrogens with one attached hydrogen (secondary N) is 1. The van der Waals surface area contributed by atoms with Crippen LogP contribution in [0.25, 0.3) is 11.0 Å². The van der Waals surface area contributed by atoms with Crippen molar-refractivity contribution >= 4 is 16.9 Å². The van der Waals surface area contributed by atoms with E-state index in [0.717, 1.165) is 29.7 Å². The van der Waals surface area contributed by atoms with Gasteiger partial charge >= 0.3 is 0 Å². The van der Waals surface area contributed by atoms with Gasteiger partial charge in [0.25, 0.3) is 0 Å². The molecule has 0 spiro atoms. The monoisotopic (exact) mass is 329 g/mol. The Bertz CT molecular complexity index is 745. The van der Waals surface area contributed by atoms with Crippen molar-refractivity contribution in [2.24, 2.45) is 0 Å². The number of hydrogen-bond donors (Lipinski definition) is 2. The zero-order valence-corrected chi connectivity index (χ0v) is 13.7. The van der Waals surface area contributed by atoms with Crippen LogP contribution in [0.15, 0.2) is 24.3 Å². The third-order valence-electron chi connectivity index (χ3n) is 4.97. The van der Waals surface area contributed by atoms with Crippen molar-refractivity contribution in [2.45, 2.75) is 43.7 Å². The van der Waals surface area contributed by atoms with Gasteiger partial charge in [-0.05, 0) is 25.0 Å². The quantitative estimate of drug-likeness (QED) is 0.873. The number of aliphatic hydroxyl groups is 1. The van der Waals surface area contributed by atoms with Gasteiger partial charge in [-0.25, -0.2) is 4.98 Å². The summed E-state index contributed by atoms with van der Waals surface area (Å²) in [7, 11) is 0. The number of amides is 1. The first-order valence-corrected chi connectivity index (χ1v) is 8.67. The van der Waals surface area contributed by atoms with Crippen LogP contribution in [-0.4, -0.2) is 45.9 Å². The van der Waals surface area contributed by atoms with E-state index < -0.39 is 5.60 Å². The lowest BCUT2D eigenvalue weighted by molar-refractivity contribution is -0.124. The van der Waals surface area contributed by atoms with E-state index >= 15 is 0 Å². The van der Waals surface area contributed by atoms with Crippen LogP contribution >= 0.6 is 0 Å². The largest absolute Gasteiger partial charge is 0.388 e. The predicted octanol–water partition coefficient (Wildman–Crippen LogP) is 1.57. The SMILES string of the molecule is O=C(Cn1c(C2CC2)nc2ccccc21)NCC1(O)CCOCC1. The summed E-state index contributed by atoms with van der Waals surface area (Å²) in [5.74, 6) is 1.40. The van der Waals surface area contributed by atoms with Crippen LogP contribution < -0.4 is 5.32 Å². The summed E-state index contributed by atoms with van der Waals surface area (Å²) < 4.78 is 7.29. The Hall–Kier alpha value is -1.92. The lowest BCUT2D eigenvalue weighted by Gasteiger charge is -2.32. The number of benzene rings is 1. The van der Waals surface area contributed by atoms with E-state index in [1.807, 2.05) is 28.8 Å². The molecular weight excluding hydrogens is 306 g/mol. The van der Waals surface area contributed by atoms with Crippen molar-refractivity contribution in [3.05, 3.63) is 30.1 Å². The molecule has 1 aliphatic heterocycles. The number of aromatic nitrogens is 2. The molecule has 1 amide bonds. The molecule has 2 aromatic rings. The van der Waals surface area contributed by atoms with Crippen LogP contribution in [-0.2, 0) is 16.1 Å². The average Bonchev–Trinajstić information content (AvgIpc) is 3.37. The Balaban J connectivity index is 1.47. The zero-order chi connectivity index (χ0) is 16.6. The summed E-state index contributed by atoms with van der Waals surface area (Å²) in [5, 5.41) is 13.3. The van der Waals surface area contributed by atoms with E-state index in [2.05, 4.69) is 5.32 Å². The van der Waals surface area contributed by atoms with Crippen LogP contribution in [0.2, 0.25) is 0 Å². The fourth-order valence-corrected chi connectivity index (χ4v) is 3.30. The van der Waals surface area contributed by atoms with Crippen molar-refractivity contribution in [2.75, 3.05) is 19.8 Å². The van der Waals surface area contributed by atoms with Gasteiger partial charge in [-0.2, -0.15) is 0 Å². The summed E-state index contributed by atoms with van der Waals surface area (Å²) in [6, 6.07) is 7.94. The number of rotatable bonds is 5. The molecule has 128 valence electrons. The number of imidazole rings is 1. The fraction of sp³-hybridized carbons (Fsp3) is 0.556. The summed E-state index contributed by atoms with van der Waals surface area (Å²) in [6.07, 6.45) is 3.42. The minimum absolute atomic E-state index is 0.0834. The van der Waals surface area contributed by atoms with Gasteiger partial charge in [0, 0.05) is 38.5 Å². The first kappa shape index (κ1) is 15.6. The van der Waals surface area contributed by atoms with Gasteiger partial charge in [0.15, 0.2) is 0 Å². The van der Waals surface area contributed by atoms with Crippen LogP contribution in [0.5, 0.6) is 0 Å². The Labute approximate surface area is 140 Å². The molecule has 0 bridgehead atoms. The fourth-order valence-electron chi connectivity index (χ4n) is 3.30. The van der Waals surface area contributed by atoms with Gasteiger partial charge in [0.05, 0.1) is 16.6 Å². The highest BCUT2D eigenvalue weighted by molar-refractivity contribution is 5.81. The molecule has 2 N–H and O–H groups in total. The molecule has 2 fully saturated rings. The van der Waals surface area contributed by atoms with Crippen molar-refractivity contribution in [1.82, 2.24) is 14.9 Å². The minimum Gasteiger partial charge on any atom is -0.388 e. The molecule has 6 nitrogen and oxygen atoms in total. The third kappa shape index (κ3) is 3.16. The Morgan fingerprint density at radius 3 is 2.83 bits per heavy atom. The number of fused-ring (bicyclic) bond motifs is 1. The van der Waals surface area contributed by atoms with E-state index in [9.17, 15) is 9.90 Å². The second kappa shape index (κ2) is 6.18. The van der Waals surface area contributed by atoms with Gasteiger partial charge in [0.2, 0.25) is 5.91 Å². The van der Waals surface area contributed by atoms with Crippen molar-refractivity contribution in [3.8, 4) is 0 Å². The maximum Gasteiger partial charge on any atom is 0.240 e. The number of para-hydroxylation sites is 2. The molecule has 0 radical (unpaired) electrons. The molecule has 1 aliphatic carbocycles. The summed E-state index contributed by atoms with van der Waals surface area (Å²) in [5.41, 5.74) is 1.10. The Morgan fingerprint density at radius 1 is 1.33 bits per heavy atom. The molecule has 0 unspecified atom stereocenters. The predicted molar refractivity (Wildman–Crippen MR) is 89.7 cm³/mol. The first-order valence-electron chi connectivity index (χ1n) is 8.67. The molecular formula is C18H23N3O3. The number of carbonyl (C=O) groups is 1. The number of nitrogens with zero attached hydrogens (tertiary/aromatic N) is 2. The van der Waals surface area contributed by atoms with Gasteiger partial charge in [-0.1, -0.05) is 12.1 Å². The molecule has 6 heteroatoms. The van der Waals surface area contributed by atoms with E-state index in [1.165, 1.54) is 0 Å². The highest BCUT2D eigenvalue weighted by atomic mass is 16.5. The molecule has 1 aromatic heterocycles. The van der Waals surface area contributed by atoms with Crippen LogP contribution in [0.4, 0.5) is 0 Å². The second-order valence-electron chi connectivity index (χ2n) is 6.93. The lowest BCUT2D eigenvalue weighted by atomic mass is 9.94. The molecule has 1 saturated carbocycles. The zero-order valence-electron chi connectivity index (χ0n) is 13.7. The Kier molecular flexibility index (Phi) is 4.02. The van der Waals surface area contributed by atoms with Crippen LogP contribution in [0.1, 0.15) is 37.4 Å². The molecule has 24 heavy (non-hydrogen) atoms. The third-order valence-corrected chi connectivity index (χ3v) is 4.97. The van der Waals surface area contributed by atoms with Gasteiger partial charge in [-0.3, -0.25) is 4.79 Å². The van der Waals surface area contributed by atoms with Gasteiger partial charge in [0.1, 0.15) is 12.4 Å². The highest BCUT2D eigenvalue weighted by Gasteiger charge is 2.32. The molecule has 4 rings (SSSR count). The number of ether oxygens (including phenoxy) is 1. The van der Waals surface area contributed by atoms with Gasteiger partial charge in [-0.15, -0.1) is 0 Å². The molecule has 1 aromatic carbocycles. The van der Waals surface area contributed by atoms with Crippen LogP contribution in [0.3, 0.4) is 0 Å². The number of hydrogen-bond acceptors (Lipinski definition) is 4. The Morgan fingerprint density at radius 2 is 2.08 bits per heavy atom. The van der Waals surface area contributed by atoms with E-state index in [1.54, 1.807) is 0 Å². The average molecular weight is 329 g/mol. The van der Waals surface area contributed by atoms with Crippen molar-refractivity contribution in [1.29, 1.82) is 0 Å².